The van der Waals surface area contributed by atoms with Gasteiger partial charge in [0.05, 0.1) is 6.10 Å². The smallest absolute Gasteiger partial charge is 0.550 e. The second-order valence-electron chi connectivity index (χ2n) is 3.16. The van der Waals surface area contributed by atoms with Gasteiger partial charge in [-0.15, -0.1) is 0 Å². The molecule has 1 saturated carbocycles. The second-order valence-corrected chi connectivity index (χ2v) is 3.16. The molecule has 0 saturated heterocycles. The van der Waals surface area contributed by atoms with Gasteiger partial charge < -0.3 is 15.0 Å². The van der Waals surface area contributed by atoms with Crippen molar-refractivity contribution in [2.24, 2.45) is 5.92 Å². The molecule has 0 bridgehead atoms. The SMILES string of the molecule is CC(=O)[O-].C[C@H]1[CH][C@H](O)CCC1.[Hg+]. The summed E-state index contributed by atoms with van der Waals surface area (Å²) in [6, 6.07) is 0. The first-order chi connectivity index (χ1) is 5.52. The molecule has 4 heteroatoms. The zero-order valence-electron chi connectivity index (χ0n) is 8.32. The fraction of sp³-hybridized carbons (Fsp3) is 0.778. The summed E-state index contributed by atoms with van der Waals surface area (Å²) in [4.78, 5) is 8.89. The van der Waals surface area contributed by atoms with E-state index in [9.17, 15) is 0 Å². The Morgan fingerprint density at radius 3 is 2.23 bits per heavy atom. The van der Waals surface area contributed by atoms with Gasteiger partial charge in [0.15, 0.2) is 0 Å². The molecule has 0 spiro atoms. The van der Waals surface area contributed by atoms with E-state index in [1.54, 1.807) is 0 Å². The first kappa shape index (κ1) is 15.8. The van der Waals surface area contributed by atoms with Crippen LogP contribution in [-0.4, -0.2) is 17.2 Å². The van der Waals surface area contributed by atoms with Crippen molar-refractivity contribution in [1.29, 1.82) is 0 Å². The number of hydrogen-bond acceptors (Lipinski definition) is 3. The summed E-state index contributed by atoms with van der Waals surface area (Å²) in [5.41, 5.74) is 0. The van der Waals surface area contributed by atoms with Crippen LogP contribution in [0.1, 0.15) is 33.1 Å². The zero-order valence-corrected chi connectivity index (χ0v) is 13.8. The van der Waals surface area contributed by atoms with E-state index >= 15 is 0 Å². The van der Waals surface area contributed by atoms with Gasteiger partial charge in [-0.1, -0.05) is 19.8 Å². The zero-order chi connectivity index (χ0) is 9.56. The number of aliphatic hydroxyl groups excluding tert-OH is 1. The van der Waals surface area contributed by atoms with Crippen molar-refractivity contribution in [3.8, 4) is 0 Å². The Bertz CT molecular complexity index is 127. The van der Waals surface area contributed by atoms with Crippen LogP contribution in [0.4, 0.5) is 0 Å². The van der Waals surface area contributed by atoms with Crippen molar-refractivity contribution in [2.75, 3.05) is 0 Å². The number of rotatable bonds is 0. The van der Waals surface area contributed by atoms with Gasteiger partial charge in [-0.05, 0) is 25.7 Å². The normalized spacial score (nSPS) is 26.4. The molecule has 0 aromatic heterocycles. The molecule has 1 rings (SSSR count). The van der Waals surface area contributed by atoms with Gasteiger partial charge in [-0.2, -0.15) is 0 Å². The van der Waals surface area contributed by atoms with Gasteiger partial charge in [0.1, 0.15) is 0 Å². The Balaban J connectivity index is 0. The minimum atomic E-state index is -1.08. The summed E-state index contributed by atoms with van der Waals surface area (Å²) >= 11 is 0. The summed E-state index contributed by atoms with van der Waals surface area (Å²) < 4.78 is 0. The van der Waals surface area contributed by atoms with E-state index in [1.807, 2.05) is 6.42 Å². The molecular formula is C9H16HgO3. The van der Waals surface area contributed by atoms with Gasteiger partial charge in [-0.3, -0.25) is 0 Å². The van der Waals surface area contributed by atoms with Crippen molar-refractivity contribution >= 4 is 5.97 Å². The molecular weight excluding hydrogens is 357 g/mol. The topological polar surface area (TPSA) is 60.4 Å². The van der Waals surface area contributed by atoms with Crippen LogP contribution >= 0.6 is 0 Å². The first-order valence-corrected chi connectivity index (χ1v) is 4.23. The largest absolute Gasteiger partial charge is 1.00 e. The Morgan fingerprint density at radius 1 is 1.54 bits per heavy atom. The molecule has 2 radical (unpaired) electrons. The van der Waals surface area contributed by atoms with E-state index < -0.39 is 5.97 Å². The molecule has 0 heterocycles. The molecule has 0 aromatic rings. The third-order valence-corrected chi connectivity index (χ3v) is 1.71. The van der Waals surface area contributed by atoms with Gasteiger partial charge in [0.25, 0.3) is 0 Å². The molecule has 0 aliphatic heterocycles. The van der Waals surface area contributed by atoms with Crippen LogP contribution in [0.2, 0.25) is 0 Å². The Morgan fingerprint density at radius 2 is 2.00 bits per heavy atom. The van der Waals surface area contributed by atoms with Crippen LogP contribution in [-0.2, 0) is 32.5 Å². The van der Waals surface area contributed by atoms with Gasteiger partial charge in [-0.25, -0.2) is 0 Å². The predicted molar refractivity (Wildman–Crippen MR) is 44.0 cm³/mol. The average molecular weight is 373 g/mol. The third-order valence-electron chi connectivity index (χ3n) is 1.71. The number of aliphatic hydroxyl groups is 1. The van der Waals surface area contributed by atoms with Crippen molar-refractivity contribution in [1.82, 2.24) is 0 Å². The minimum absolute atomic E-state index is 0. The molecule has 0 amide bonds. The van der Waals surface area contributed by atoms with Crippen molar-refractivity contribution in [2.45, 2.75) is 39.2 Å². The van der Waals surface area contributed by atoms with E-state index in [4.69, 9.17) is 15.0 Å². The van der Waals surface area contributed by atoms with Crippen molar-refractivity contribution < 1.29 is 42.7 Å². The van der Waals surface area contributed by atoms with Crippen LogP contribution in [0, 0.1) is 12.3 Å². The van der Waals surface area contributed by atoms with E-state index in [0.29, 0.717) is 5.92 Å². The summed E-state index contributed by atoms with van der Waals surface area (Å²) in [5.74, 6) is -0.446. The van der Waals surface area contributed by atoms with Crippen LogP contribution < -0.4 is 5.11 Å². The molecule has 1 N–H and O–H groups in total. The van der Waals surface area contributed by atoms with Crippen LogP contribution in [0.15, 0.2) is 0 Å². The maximum Gasteiger partial charge on any atom is 1.00 e. The van der Waals surface area contributed by atoms with E-state index in [2.05, 4.69) is 6.92 Å². The Hall–Kier alpha value is 0.365. The summed E-state index contributed by atoms with van der Waals surface area (Å²) in [5, 5.41) is 17.9. The number of carbonyl (C=O) groups excluding carboxylic acids is 1. The number of aliphatic carboxylic acids is 1. The molecule has 13 heavy (non-hydrogen) atoms. The Kier molecular flexibility index (Phi) is 10.9. The van der Waals surface area contributed by atoms with Crippen molar-refractivity contribution in [3.63, 3.8) is 0 Å². The average Bonchev–Trinajstić information content (AvgIpc) is 1.84. The quantitative estimate of drug-likeness (QED) is 0.615. The van der Waals surface area contributed by atoms with E-state index in [1.165, 1.54) is 12.8 Å². The molecule has 1 aliphatic carbocycles. The Labute approximate surface area is 100 Å². The van der Waals surface area contributed by atoms with Crippen LogP contribution in [0.25, 0.3) is 0 Å². The first-order valence-electron chi connectivity index (χ1n) is 4.23. The minimum Gasteiger partial charge on any atom is -0.550 e. The number of carboxylic acid groups (broad SMARTS) is 1. The molecule has 0 aromatic carbocycles. The van der Waals surface area contributed by atoms with Gasteiger partial charge in [0.2, 0.25) is 0 Å². The predicted octanol–water partition coefficient (Wildman–Crippen LogP) is 0.125. The summed E-state index contributed by atoms with van der Waals surface area (Å²) in [6.45, 7) is 3.13. The fourth-order valence-electron chi connectivity index (χ4n) is 1.22. The van der Waals surface area contributed by atoms with Crippen LogP contribution in [0.3, 0.4) is 0 Å². The number of carboxylic acids is 1. The van der Waals surface area contributed by atoms with E-state index in [0.717, 1.165) is 13.3 Å². The maximum atomic E-state index is 9.02. The van der Waals surface area contributed by atoms with Gasteiger partial charge >= 0.3 is 27.7 Å². The standard InChI is InChI=1S/C7H13O.C2H4O2.Hg/c1-6-3-2-4-7(8)5-6;1-2(3)4;/h5-8H,2-4H2,1H3;1H3,(H,3,4);/q;;+1/p-1/t6-,7-;;/m1../s1. The third kappa shape index (κ3) is 12.4. The number of hydrogen-bond donors (Lipinski definition) is 1. The van der Waals surface area contributed by atoms with E-state index in [-0.39, 0.29) is 33.8 Å². The second kappa shape index (κ2) is 8.94. The molecule has 1 aliphatic rings. The molecule has 72 valence electrons. The monoisotopic (exact) mass is 374 g/mol. The summed E-state index contributed by atoms with van der Waals surface area (Å²) in [6.07, 6.45) is 5.35. The molecule has 3 nitrogen and oxygen atoms in total. The molecule has 0 unspecified atom stereocenters. The molecule has 1 fully saturated rings. The van der Waals surface area contributed by atoms with Crippen molar-refractivity contribution in [3.05, 3.63) is 6.42 Å². The fourth-order valence-corrected chi connectivity index (χ4v) is 1.22. The molecule has 2 atom stereocenters. The number of carbonyl (C=O) groups is 1. The maximum absolute atomic E-state index is 9.02. The van der Waals surface area contributed by atoms with Crippen LogP contribution in [0.5, 0.6) is 0 Å². The summed E-state index contributed by atoms with van der Waals surface area (Å²) in [7, 11) is 0. The van der Waals surface area contributed by atoms with Gasteiger partial charge in [0, 0.05) is 5.97 Å².